The van der Waals surface area contributed by atoms with Gasteiger partial charge in [-0.05, 0) is 17.7 Å². The average Bonchev–Trinajstić information content (AvgIpc) is 2.09. The molecule has 0 heterocycles. The Morgan fingerprint density at radius 1 is 1.46 bits per heavy atom. The van der Waals surface area contributed by atoms with E-state index in [4.69, 9.17) is 16.7 Å². The number of benzene rings is 1. The molecule has 4 heteroatoms. The van der Waals surface area contributed by atoms with Crippen LogP contribution in [0.1, 0.15) is 5.56 Å². The summed E-state index contributed by atoms with van der Waals surface area (Å²) in [4.78, 5) is 0. The summed E-state index contributed by atoms with van der Waals surface area (Å²) in [5, 5.41) is 12.4. The van der Waals surface area contributed by atoms with E-state index < -0.39 is 0 Å². The van der Waals surface area contributed by atoms with Crippen molar-refractivity contribution in [2.75, 3.05) is 13.2 Å². The molecule has 1 rings (SSSR count). The molecule has 0 spiro atoms. The normalized spacial score (nSPS) is 10.4. The van der Waals surface area contributed by atoms with Crippen LogP contribution in [0.25, 0.3) is 0 Å². The van der Waals surface area contributed by atoms with Crippen molar-refractivity contribution in [2.45, 2.75) is 6.54 Å². The number of hydrogen-bond acceptors (Lipinski definition) is 2. The predicted octanol–water partition coefficient (Wildman–Crippen LogP) is 2.18. The number of halogens is 2. The van der Waals surface area contributed by atoms with Crippen LogP contribution >= 0.6 is 27.5 Å². The van der Waals surface area contributed by atoms with Gasteiger partial charge in [0.2, 0.25) is 0 Å². The van der Waals surface area contributed by atoms with Gasteiger partial charge >= 0.3 is 0 Å². The zero-order chi connectivity index (χ0) is 9.68. The fourth-order valence-corrected chi connectivity index (χ4v) is 1.79. The fourth-order valence-electron chi connectivity index (χ4n) is 0.967. The van der Waals surface area contributed by atoms with Gasteiger partial charge in [-0.3, -0.25) is 0 Å². The Balaban J connectivity index is 2.56. The molecule has 2 nitrogen and oxygen atoms in total. The van der Waals surface area contributed by atoms with Gasteiger partial charge in [0.1, 0.15) is 0 Å². The molecule has 0 aromatic heterocycles. The second-order valence-corrected chi connectivity index (χ2v) is 3.93. The molecule has 0 saturated heterocycles. The molecule has 72 valence electrons. The summed E-state index contributed by atoms with van der Waals surface area (Å²) in [7, 11) is 0. The molecule has 0 bridgehead atoms. The van der Waals surface area contributed by atoms with Crippen molar-refractivity contribution >= 4 is 27.5 Å². The first kappa shape index (κ1) is 11.0. The lowest BCUT2D eigenvalue weighted by Crippen LogP contribution is -2.17. The minimum atomic E-state index is 0.158. The molecule has 0 fully saturated rings. The van der Waals surface area contributed by atoms with Crippen molar-refractivity contribution in [3.63, 3.8) is 0 Å². The molecule has 0 amide bonds. The lowest BCUT2D eigenvalue weighted by atomic mass is 10.2. The Bertz CT molecular complexity index is 280. The van der Waals surface area contributed by atoms with Gasteiger partial charge in [0.25, 0.3) is 0 Å². The van der Waals surface area contributed by atoms with Crippen LogP contribution < -0.4 is 5.32 Å². The molecule has 0 unspecified atom stereocenters. The number of aliphatic hydroxyl groups excluding tert-OH is 1. The third kappa shape index (κ3) is 3.65. The molecule has 1 aromatic carbocycles. The Morgan fingerprint density at radius 3 is 2.85 bits per heavy atom. The van der Waals surface area contributed by atoms with E-state index in [1.807, 2.05) is 18.2 Å². The lowest BCUT2D eigenvalue weighted by Gasteiger charge is -2.05. The minimum Gasteiger partial charge on any atom is -0.395 e. The van der Waals surface area contributed by atoms with E-state index in [0.717, 1.165) is 21.6 Å². The molecule has 0 radical (unpaired) electrons. The summed E-state index contributed by atoms with van der Waals surface area (Å²) < 4.78 is 0.991. The van der Waals surface area contributed by atoms with Crippen LogP contribution in [-0.4, -0.2) is 18.3 Å². The molecule has 0 aliphatic heterocycles. The smallest absolute Gasteiger partial charge is 0.0556 e. The minimum absolute atomic E-state index is 0.158. The maximum atomic E-state index is 8.56. The van der Waals surface area contributed by atoms with E-state index in [1.165, 1.54) is 0 Å². The summed E-state index contributed by atoms with van der Waals surface area (Å²) in [5.41, 5.74) is 1.14. The Labute approximate surface area is 91.0 Å². The van der Waals surface area contributed by atoms with E-state index in [0.29, 0.717) is 6.54 Å². The fraction of sp³-hybridized carbons (Fsp3) is 0.333. The molecule has 0 aliphatic rings. The van der Waals surface area contributed by atoms with E-state index >= 15 is 0 Å². The van der Waals surface area contributed by atoms with Crippen LogP contribution in [0.3, 0.4) is 0 Å². The van der Waals surface area contributed by atoms with E-state index in [2.05, 4.69) is 21.2 Å². The molecular formula is C9H11BrClNO. The maximum Gasteiger partial charge on any atom is 0.0556 e. The summed E-state index contributed by atoms with van der Waals surface area (Å²) in [5.74, 6) is 0. The van der Waals surface area contributed by atoms with Gasteiger partial charge in [0, 0.05) is 22.6 Å². The highest BCUT2D eigenvalue weighted by atomic mass is 79.9. The molecule has 0 saturated carbocycles. The van der Waals surface area contributed by atoms with E-state index in [-0.39, 0.29) is 6.61 Å². The van der Waals surface area contributed by atoms with Crippen LogP contribution in [-0.2, 0) is 6.54 Å². The van der Waals surface area contributed by atoms with E-state index in [9.17, 15) is 0 Å². The van der Waals surface area contributed by atoms with Crippen molar-refractivity contribution in [3.8, 4) is 0 Å². The van der Waals surface area contributed by atoms with Crippen LogP contribution in [0.2, 0.25) is 5.02 Å². The third-order valence-corrected chi connectivity index (χ3v) is 2.59. The van der Waals surface area contributed by atoms with Crippen molar-refractivity contribution in [3.05, 3.63) is 33.3 Å². The molecule has 2 N–H and O–H groups in total. The molecule has 0 aliphatic carbocycles. The molecule has 1 aromatic rings. The summed E-state index contributed by atoms with van der Waals surface area (Å²) in [6, 6.07) is 5.66. The monoisotopic (exact) mass is 263 g/mol. The van der Waals surface area contributed by atoms with Crippen LogP contribution in [0.4, 0.5) is 0 Å². The second-order valence-electron chi connectivity index (χ2n) is 2.64. The highest BCUT2D eigenvalue weighted by molar-refractivity contribution is 9.10. The maximum absolute atomic E-state index is 8.56. The van der Waals surface area contributed by atoms with Gasteiger partial charge < -0.3 is 10.4 Å². The first-order valence-electron chi connectivity index (χ1n) is 3.99. The van der Waals surface area contributed by atoms with Crippen molar-refractivity contribution < 1.29 is 5.11 Å². The quantitative estimate of drug-likeness (QED) is 0.817. The van der Waals surface area contributed by atoms with Crippen molar-refractivity contribution in [1.82, 2.24) is 5.32 Å². The van der Waals surface area contributed by atoms with Crippen LogP contribution in [0, 0.1) is 0 Å². The summed E-state index contributed by atoms with van der Waals surface area (Å²) >= 11 is 9.20. The Kier molecular flexibility index (Phi) is 4.73. The van der Waals surface area contributed by atoms with Gasteiger partial charge in [0.15, 0.2) is 0 Å². The van der Waals surface area contributed by atoms with Crippen molar-refractivity contribution in [2.24, 2.45) is 0 Å². The zero-order valence-corrected chi connectivity index (χ0v) is 9.40. The SMILES string of the molecule is OCCNCc1ccc(Cl)cc1Br. The van der Waals surface area contributed by atoms with Gasteiger partial charge in [-0.15, -0.1) is 0 Å². The molecule has 0 atom stereocenters. The first-order valence-corrected chi connectivity index (χ1v) is 5.16. The van der Waals surface area contributed by atoms with Gasteiger partial charge in [0.05, 0.1) is 6.61 Å². The number of nitrogens with one attached hydrogen (secondary N) is 1. The standard InChI is InChI=1S/C9H11BrClNO/c10-9-5-8(11)2-1-7(9)6-12-3-4-13/h1-2,5,12-13H,3-4,6H2. The topological polar surface area (TPSA) is 32.3 Å². The zero-order valence-electron chi connectivity index (χ0n) is 7.06. The van der Waals surface area contributed by atoms with Gasteiger partial charge in [-0.2, -0.15) is 0 Å². The Hall–Kier alpha value is -0.0900. The largest absolute Gasteiger partial charge is 0.395 e. The lowest BCUT2D eigenvalue weighted by molar-refractivity contribution is 0.292. The average molecular weight is 265 g/mol. The van der Waals surface area contributed by atoms with Crippen LogP contribution in [0.15, 0.2) is 22.7 Å². The summed E-state index contributed by atoms with van der Waals surface area (Å²) in [6.45, 7) is 1.50. The van der Waals surface area contributed by atoms with Crippen LogP contribution in [0.5, 0.6) is 0 Å². The Morgan fingerprint density at radius 2 is 2.23 bits per heavy atom. The predicted molar refractivity (Wildman–Crippen MR) is 57.9 cm³/mol. The number of rotatable bonds is 4. The second kappa shape index (κ2) is 5.60. The summed E-state index contributed by atoms with van der Waals surface area (Å²) in [6.07, 6.45) is 0. The third-order valence-electron chi connectivity index (χ3n) is 1.62. The van der Waals surface area contributed by atoms with Gasteiger partial charge in [-0.25, -0.2) is 0 Å². The number of aliphatic hydroxyl groups is 1. The highest BCUT2D eigenvalue weighted by Gasteiger charge is 1.99. The highest BCUT2D eigenvalue weighted by Crippen LogP contribution is 2.21. The molecular weight excluding hydrogens is 253 g/mol. The first-order chi connectivity index (χ1) is 6.24. The molecule has 13 heavy (non-hydrogen) atoms. The van der Waals surface area contributed by atoms with Gasteiger partial charge in [-0.1, -0.05) is 33.6 Å². The number of hydrogen-bond donors (Lipinski definition) is 2. The van der Waals surface area contributed by atoms with E-state index in [1.54, 1.807) is 0 Å². The van der Waals surface area contributed by atoms with Crippen molar-refractivity contribution in [1.29, 1.82) is 0 Å².